The van der Waals surface area contributed by atoms with Crippen LogP contribution in [-0.4, -0.2) is 85.6 Å². The Morgan fingerprint density at radius 1 is 1.07 bits per heavy atom. The number of carbonyl (C=O) groups is 3. The number of fused-ring (bicyclic) bond motifs is 1. The van der Waals surface area contributed by atoms with E-state index in [1.807, 2.05) is 18.2 Å². The molecule has 4 N–H and O–H groups in total. The van der Waals surface area contributed by atoms with Crippen molar-refractivity contribution in [3.63, 3.8) is 0 Å². The van der Waals surface area contributed by atoms with Gasteiger partial charge in [0.25, 0.3) is 0 Å². The number of hydrogen-bond acceptors (Lipinski definition) is 7. The summed E-state index contributed by atoms with van der Waals surface area (Å²) in [7, 11) is 3.36. The van der Waals surface area contributed by atoms with Gasteiger partial charge < -0.3 is 35.5 Å². The Morgan fingerprint density at radius 3 is 2.39 bits per heavy atom. The van der Waals surface area contributed by atoms with Crippen molar-refractivity contribution in [2.24, 2.45) is 5.92 Å². The SMILES string of the molecule is CNCC(=O)NCCCc1cccc2c1OC(CNC(C(=O)N(C)C(C=O)C(C)(C)O)C1CCCCC1)CC2.Cc1ccccc1. The molecular formula is C37H56N4O5. The Hall–Kier alpha value is -3.27. The molecule has 3 unspecified atom stereocenters. The normalized spacial score (nSPS) is 17.7. The zero-order valence-electron chi connectivity index (χ0n) is 28.5. The molecule has 9 nitrogen and oxygen atoms in total. The molecule has 0 bridgehead atoms. The topological polar surface area (TPSA) is 120 Å². The van der Waals surface area contributed by atoms with Gasteiger partial charge in [-0.05, 0) is 83.4 Å². The molecule has 4 rings (SSSR count). The fourth-order valence-corrected chi connectivity index (χ4v) is 6.40. The minimum Gasteiger partial charge on any atom is -0.489 e. The van der Waals surface area contributed by atoms with E-state index in [4.69, 9.17) is 4.74 Å². The van der Waals surface area contributed by atoms with Crippen LogP contribution in [0.15, 0.2) is 48.5 Å². The molecule has 3 atom stereocenters. The first-order valence-electron chi connectivity index (χ1n) is 16.9. The number of likely N-dealkylation sites (N-methyl/N-ethyl adjacent to an activating group) is 2. The van der Waals surface area contributed by atoms with E-state index in [2.05, 4.69) is 53.2 Å². The van der Waals surface area contributed by atoms with E-state index < -0.39 is 17.7 Å². The van der Waals surface area contributed by atoms with Gasteiger partial charge in [0, 0.05) is 20.1 Å². The average Bonchev–Trinajstić information content (AvgIpc) is 3.04. The van der Waals surface area contributed by atoms with Crippen LogP contribution in [0.4, 0.5) is 0 Å². The van der Waals surface area contributed by atoms with Crippen LogP contribution >= 0.6 is 0 Å². The minimum atomic E-state index is -1.33. The highest BCUT2D eigenvalue weighted by Crippen LogP contribution is 2.33. The standard InChI is InChI=1S/C30H48N4O5.C7H8/c1-30(2,38)25(20-35)34(4)29(37)27(21-10-6-5-7-11-21)33-18-24-16-15-23-13-8-12-22(28(23)39-24)14-9-17-32-26(36)19-31-3;1-7-5-3-2-4-6-7/h8,12-13,20-21,24-25,27,31,33,38H,5-7,9-11,14-19H2,1-4H3,(H,32,36);2-6H,1H3. The van der Waals surface area contributed by atoms with Gasteiger partial charge in [-0.1, -0.05) is 73.4 Å². The maximum Gasteiger partial charge on any atom is 0.240 e. The summed E-state index contributed by atoms with van der Waals surface area (Å²) in [4.78, 5) is 38.6. The monoisotopic (exact) mass is 636 g/mol. The lowest BCUT2D eigenvalue weighted by Gasteiger charge is -2.38. The van der Waals surface area contributed by atoms with Gasteiger partial charge in [-0.25, -0.2) is 0 Å². The van der Waals surface area contributed by atoms with Crippen LogP contribution in [0.1, 0.15) is 75.5 Å². The highest BCUT2D eigenvalue weighted by Gasteiger charge is 2.38. The molecule has 2 amide bonds. The lowest BCUT2D eigenvalue weighted by molar-refractivity contribution is -0.145. The smallest absolute Gasteiger partial charge is 0.240 e. The summed E-state index contributed by atoms with van der Waals surface area (Å²) < 4.78 is 6.50. The molecule has 0 saturated heterocycles. The lowest BCUT2D eigenvalue weighted by atomic mass is 9.82. The summed E-state index contributed by atoms with van der Waals surface area (Å²) in [6.07, 6.45) is 9.27. The van der Waals surface area contributed by atoms with Crippen molar-refractivity contribution >= 4 is 18.1 Å². The Morgan fingerprint density at radius 2 is 1.78 bits per heavy atom. The quantitative estimate of drug-likeness (QED) is 0.183. The number of benzene rings is 2. The van der Waals surface area contributed by atoms with E-state index in [9.17, 15) is 19.5 Å². The molecule has 2 aromatic carbocycles. The maximum absolute atomic E-state index is 13.7. The first-order chi connectivity index (χ1) is 22.0. The molecule has 2 aliphatic rings. The number of nitrogens with one attached hydrogen (secondary N) is 3. The average molecular weight is 637 g/mol. The molecule has 1 saturated carbocycles. The summed E-state index contributed by atoms with van der Waals surface area (Å²) in [6, 6.07) is 15.2. The highest BCUT2D eigenvalue weighted by molar-refractivity contribution is 5.85. The van der Waals surface area contributed by atoms with E-state index in [1.165, 1.54) is 22.4 Å². The van der Waals surface area contributed by atoms with Crippen LogP contribution in [0.3, 0.4) is 0 Å². The number of nitrogens with zero attached hydrogens (tertiary/aromatic N) is 1. The summed E-state index contributed by atoms with van der Waals surface area (Å²) >= 11 is 0. The summed E-state index contributed by atoms with van der Waals surface area (Å²) in [5, 5.41) is 19.8. The summed E-state index contributed by atoms with van der Waals surface area (Å²) in [6.45, 7) is 6.65. The molecule has 0 aromatic heterocycles. The van der Waals surface area contributed by atoms with E-state index in [-0.39, 0.29) is 23.8 Å². The van der Waals surface area contributed by atoms with Gasteiger partial charge in [-0.15, -0.1) is 0 Å². The zero-order valence-corrected chi connectivity index (χ0v) is 28.5. The van der Waals surface area contributed by atoms with Crippen molar-refractivity contribution in [1.29, 1.82) is 0 Å². The Bertz CT molecular complexity index is 1230. The molecule has 254 valence electrons. The molecular weight excluding hydrogens is 580 g/mol. The van der Waals surface area contributed by atoms with Crippen molar-refractivity contribution < 1.29 is 24.2 Å². The van der Waals surface area contributed by atoms with Gasteiger partial charge in [-0.2, -0.15) is 0 Å². The number of rotatable bonds is 14. The predicted molar refractivity (Wildman–Crippen MR) is 183 cm³/mol. The number of para-hydroxylation sites is 1. The van der Waals surface area contributed by atoms with Crippen molar-refractivity contribution in [1.82, 2.24) is 20.9 Å². The summed E-state index contributed by atoms with van der Waals surface area (Å²) in [5.74, 6) is 0.952. The second-order valence-corrected chi connectivity index (χ2v) is 13.3. The molecule has 0 radical (unpaired) electrons. The molecule has 0 spiro atoms. The fourth-order valence-electron chi connectivity index (χ4n) is 6.40. The number of ether oxygens (including phenoxy) is 1. The van der Waals surface area contributed by atoms with Crippen LogP contribution in [0.2, 0.25) is 0 Å². The van der Waals surface area contributed by atoms with E-state index in [0.717, 1.165) is 62.7 Å². The predicted octanol–water partition coefficient (Wildman–Crippen LogP) is 3.98. The van der Waals surface area contributed by atoms with E-state index in [0.29, 0.717) is 25.9 Å². The van der Waals surface area contributed by atoms with Gasteiger partial charge in [0.2, 0.25) is 11.8 Å². The largest absolute Gasteiger partial charge is 0.489 e. The van der Waals surface area contributed by atoms with Gasteiger partial charge in [0.1, 0.15) is 24.2 Å². The highest BCUT2D eigenvalue weighted by atomic mass is 16.5. The summed E-state index contributed by atoms with van der Waals surface area (Å²) in [5.41, 5.74) is 2.33. The fraction of sp³-hybridized carbons (Fsp3) is 0.595. The number of hydrogen-bond donors (Lipinski definition) is 4. The van der Waals surface area contributed by atoms with Crippen LogP contribution < -0.4 is 20.7 Å². The zero-order chi connectivity index (χ0) is 33.5. The van der Waals surface area contributed by atoms with Crippen LogP contribution in [0, 0.1) is 12.8 Å². The Kier molecular flexibility index (Phi) is 15.2. The third-order valence-corrected chi connectivity index (χ3v) is 8.99. The molecule has 9 heteroatoms. The van der Waals surface area contributed by atoms with E-state index >= 15 is 0 Å². The number of amides is 2. The molecule has 46 heavy (non-hydrogen) atoms. The number of aldehydes is 1. The molecule has 1 aliphatic carbocycles. The number of aryl methyl sites for hydroxylation is 3. The Labute approximate surface area is 275 Å². The number of aliphatic hydroxyl groups is 1. The van der Waals surface area contributed by atoms with Crippen molar-refractivity contribution in [2.75, 3.05) is 33.7 Å². The lowest BCUT2D eigenvalue weighted by Crippen LogP contribution is -2.58. The third kappa shape index (κ3) is 11.5. The first-order valence-corrected chi connectivity index (χ1v) is 16.9. The molecule has 1 heterocycles. The van der Waals surface area contributed by atoms with Crippen LogP contribution in [-0.2, 0) is 27.2 Å². The minimum absolute atomic E-state index is 0.00953. The van der Waals surface area contributed by atoms with Crippen LogP contribution in [0.25, 0.3) is 0 Å². The van der Waals surface area contributed by atoms with Gasteiger partial charge >= 0.3 is 0 Å². The van der Waals surface area contributed by atoms with Gasteiger partial charge in [-0.3, -0.25) is 9.59 Å². The number of carbonyl (C=O) groups excluding carboxylic acids is 3. The molecule has 2 aromatic rings. The Balaban J connectivity index is 0.000000724. The van der Waals surface area contributed by atoms with Crippen LogP contribution in [0.5, 0.6) is 5.75 Å². The first kappa shape index (κ1) is 37.2. The third-order valence-electron chi connectivity index (χ3n) is 8.99. The second-order valence-electron chi connectivity index (χ2n) is 13.3. The van der Waals surface area contributed by atoms with E-state index in [1.54, 1.807) is 27.9 Å². The maximum atomic E-state index is 13.7. The molecule has 1 aliphatic heterocycles. The molecule has 1 fully saturated rings. The van der Waals surface area contributed by atoms with Crippen molar-refractivity contribution in [3.05, 3.63) is 65.2 Å². The van der Waals surface area contributed by atoms with Crippen molar-refractivity contribution in [3.8, 4) is 5.75 Å². The second kappa shape index (κ2) is 18.8. The van der Waals surface area contributed by atoms with Gasteiger partial charge in [0.15, 0.2) is 0 Å². The van der Waals surface area contributed by atoms with Crippen molar-refractivity contribution in [2.45, 2.75) is 102 Å². The van der Waals surface area contributed by atoms with Gasteiger partial charge in [0.05, 0.1) is 18.2 Å².